The number of likely N-dealkylation sites (N-methyl/N-ethyl adjacent to an activating group) is 1. The summed E-state index contributed by atoms with van der Waals surface area (Å²) >= 11 is 5.52. The van der Waals surface area contributed by atoms with E-state index in [0.29, 0.717) is 6.04 Å². The van der Waals surface area contributed by atoms with Gasteiger partial charge in [0.25, 0.3) is 0 Å². The standard InChI is InChI=1S/C17H22BrNS/c1-5-19-16(15-11-14(18)12(2)20-15)17(3,4)13-9-7-6-8-10-13/h6-11,16,19H,5H2,1-4H3. The first kappa shape index (κ1) is 15.7. The molecule has 0 saturated heterocycles. The Kier molecular flexibility index (Phi) is 5.05. The van der Waals surface area contributed by atoms with Crippen LogP contribution in [0.1, 0.15) is 42.1 Å². The molecule has 0 fully saturated rings. The molecule has 1 N–H and O–H groups in total. The summed E-state index contributed by atoms with van der Waals surface area (Å²) in [5.74, 6) is 0. The third-order valence-corrected chi connectivity index (χ3v) is 6.01. The molecular formula is C17H22BrNS. The lowest BCUT2D eigenvalue weighted by molar-refractivity contribution is 0.359. The Hall–Kier alpha value is -0.640. The van der Waals surface area contributed by atoms with Crippen LogP contribution in [0.25, 0.3) is 0 Å². The van der Waals surface area contributed by atoms with Crippen molar-refractivity contribution in [3.63, 3.8) is 0 Å². The second-order valence-electron chi connectivity index (χ2n) is 5.63. The minimum absolute atomic E-state index is 0.0496. The highest BCUT2D eigenvalue weighted by Gasteiger charge is 2.33. The van der Waals surface area contributed by atoms with Crippen molar-refractivity contribution in [1.82, 2.24) is 5.32 Å². The molecule has 1 unspecified atom stereocenters. The van der Waals surface area contributed by atoms with Gasteiger partial charge in [-0.05, 0) is 41.0 Å². The molecular weight excluding hydrogens is 330 g/mol. The summed E-state index contributed by atoms with van der Waals surface area (Å²) in [5.41, 5.74) is 1.42. The van der Waals surface area contributed by atoms with Gasteiger partial charge in [0.1, 0.15) is 0 Å². The zero-order chi connectivity index (χ0) is 14.8. The van der Waals surface area contributed by atoms with Crippen molar-refractivity contribution >= 4 is 27.3 Å². The van der Waals surface area contributed by atoms with Gasteiger partial charge in [-0.25, -0.2) is 0 Å². The average Bonchev–Trinajstić information content (AvgIpc) is 2.76. The quantitative estimate of drug-likeness (QED) is 0.755. The van der Waals surface area contributed by atoms with Gasteiger partial charge < -0.3 is 5.32 Å². The van der Waals surface area contributed by atoms with Crippen molar-refractivity contribution in [2.75, 3.05) is 6.54 Å². The Morgan fingerprint density at radius 1 is 1.25 bits per heavy atom. The maximum Gasteiger partial charge on any atom is 0.0508 e. The molecule has 0 radical (unpaired) electrons. The normalized spacial score (nSPS) is 13.4. The van der Waals surface area contributed by atoms with E-state index in [-0.39, 0.29) is 5.41 Å². The lowest BCUT2D eigenvalue weighted by Gasteiger charge is -2.35. The maximum absolute atomic E-state index is 3.67. The molecule has 108 valence electrons. The summed E-state index contributed by atoms with van der Waals surface area (Å²) < 4.78 is 1.21. The summed E-state index contributed by atoms with van der Waals surface area (Å²) in [7, 11) is 0. The van der Waals surface area contributed by atoms with Crippen LogP contribution < -0.4 is 5.32 Å². The maximum atomic E-state index is 3.67. The van der Waals surface area contributed by atoms with Gasteiger partial charge in [0, 0.05) is 19.6 Å². The Bertz CT molecular complexity index is 540. The van der Waals surface area contributed by atoms with E-state index in [1.54, 1.807) is 0 Å². The first-order valence-electron chi connectivity index (χ1n) is 7.01. The summed E-state index contributed by atoms with van der Waals surface area (Å²) in [6, 6.07) is 13.3. The molecule has 1 nitrogen and oxygen atoms in total. The van der Waals surface area contributed by atoms with Gasteiger partial charge in [-0.15, -0.1) is 11.3 Å². The summed E-state index contributed by atoms with van der Waals surface area (Å²) in [6.45, 7) is 9.94. The van der Waals surface area contributed by atoms with Crippen molar-refractivity contribution in [2.24, 2.45) is 0 Å². The number of benzene rings is 1. The Labute approximate surface area is 134 Å². The second-order valence-corrected chi connectivity index (χ2v) is 7.77. The molecule has 0 aliphatic heterocycles. The molecule has 1 atom stereocenters. The highest BCUT2D eigenvalue weighted by atomic mass is 79.9. The molecule has 0 spiro atoms. The van der Waals surface area contributed by atoms with E-state index in [0.717, 1.165) is 6.54 Å². The predicted octanol–water partition coefficient (Wildman–Crippen LogP) is 5.45. The van der Waals surface area contributed by atoms with Crippen LogP contribution in [-0.2, 0) is 5.41 Å². The van der Waals surface area contributed by atoms with E-state index >= 15 is 0 Å². The molecule has 3 heteroatoms. The highest BCUT2D eigenvalue weighted by molar-refractivity contribution is 9.10. The Balaban J connectivity index is 2.42. The van der Waals surface area contributed by atoms with E-state index in [1.165, 1.54) is 19.8 Å². The van der Waals surface area contributed by atoms with Gasteiger partial charge >= 0.3 is 0 Å². The van der Waals surface area contributed by atoms with Crippen molar-refractivity contribution < 1.29 is 0 Å². The third kappa shape index (κ3) is 3.16. The molecule has 1 aromatic carbocycles. The number of hydrogen-bond donors (Lipinski definition) is 1. The lowest BCUT2D eigenvalue weighted by atomic mass is 9.77. The van der Waals surface area contributed by atoms with E-state index in [1.807, 2.05) is 11.3 Å². The van der Waals surface area contributed by atoms with Crippen LogP contribution in [0.2, 0.25) is 0 Å². The van der Waals surface area contributed by atoms with Gasteiger partial charge in [0.15, 0.2) is 0 Å². The minimum Gasteiger partial charge on any atom is -0.309 e. The Morgan fingerprint density at radius 2 is 1.90 bits per heavy atom. The van der Waals surface area contributed by atoms with Crippen LogP contribution in [0.3, 0.4) is 0 Å². The molecule has 0 bridgehead atoms. The Morgan fingerprint density at radius 3 is 2.40 bits per heavy atom. The first-order chi connectivity index (χ1) is 9.46. The molecule has 20 heavy (non-hydrogen) atoms. The number of hydrogen-bond acceptors (Lipinski definition) is 2. The van der Waals surface area contributed by atoms with Gasteiger partial charge in [-0.3, -0.25) is 0 Å². The second kappa shape index (κ2) is 6.42. The van der Waals surface area contributed by atoms with Crippen molar-refractivity contribution in [3.05, 3.63) is 56.2 Å². The van der Waals surface area contributed by atoms with Crippen molar-refractivity contribution in [1.29, 1.82) is 0 Å². The van der Waals surface area contributed by atoms with Crippen molar-refractivity contribution in [2.45, 2.75) is 39.2 Å². The molecule has 0 aliphatic rings. The predicted molar refractivity (Wildman–Crippen MR) is 92.6 cm³/mol. The zero-order valence-corrected chi connectivity index (χ0v) is 14.9. The summed E-state index contributed by atoms with van der Waals surface area (Å²) in [6.07, 6.45) is 0. The van der Waals surface area contributed by atoms with Gasteiger partial charge in [0.2, 0.25) is 0 Å². The fourth-order valence-corrected chi connectivity index (χ4v) is 4.40. The topological polar surface area (TPSA) is 12.0 Å². The van der Waals surface area contributed by atoms with Crippen LogP contribution in [0, 0.1) is 6.92 Å². The summed E-state index contributed by atoms with van der Waals surface area (Å²) in [4.78, 5) is 2.73. The van der Waals surface area contributed by atoms with Crippen LogP contribution in [0.15, 0.2) is 40.9 Å². The number of aryl methyl sites for hydroxylation is 1. The lowest BCUT2D eigenvalue weighted by Crippen LogP contribution is -2.36. The zero-order valence-electron chi connectivity index (χ0n) is 12.5. The number of rotatable bonds is 5. The van der Waals surface area contributed by atoms with Crippen LogP contribution >= 0.6 is 27.3 Å². The van der Waals surface area contributed by atoms with E-state index in [2.05, 4.69) is 85.3 Å². The summed E-state index contributed by atoms with van der Waals surface area (Å²) in [5, 5.41) is 3.67. The first-order valence-corrected chi connectivity index (χ1v) is 8.62. The fraction of sp³-hybridized carbons (Fsp3) is 0.412. The van der Waals surface area contributed by atoms with Gasteiger partial charge in [-0.1, -0.05) is 51.1 Å². The van der Waals surface area contributed by atoms with Crippen LogP contribution in [-0.4, -0.2) is 6.54 Å². The van der Waals surface area contributed by atoms with E-state index in [4.69, 9.17) is 0 Å². The number of thiophene rings is 1. The monoisotopic (exact) mass is 351 g/mol. The minimum atomic E-state index is 0.0496. The number of nitrogens with one attached hydrogen (secondary N) is 1. The molecule has 1 aromatic heterocycles. The van der Waals surface area contributed by atoms with Crippen LogP contribution in [0.5, 0.6) is 0 Å². The molecule has 2 rings (SSSR count). The smallest absolute Gasteiger partial charge is 0.0508 e. The van der Waals surface area contributed by atoms with E-state index in [9.17, 15) is 0 Å². The highest BCUT2D eigenvalue weighted by Crippen LogP contribution is 2.41. The molecule has 2 aromatic rings. The molecule has 0 saturated carbocycles. The molecule has 0 aliphatic carbocycles. The average molecular weight is 352 g/mol. The molecule has 0 amide bonds. The third-order valence-electron chi connectivity index (χ3n) is 3.81. The molecule has 1 heterocycles. The largest absolute Gasteiger partial charge is 0.309 e. The van der Waals surface area contributed by atoms with Crippen molar-refractivity contribution in [3.8, 4) is 0 Å². The fourth-order valence-electron chi connectivity index (χ4n) is 2.57. The van der Waals surface area contributed by atoms with E-state index < -0.39 is 0 Å². The van der Waals surface area contributed by atoms with Gasteiger partial charge in [-0.2, -0.15) is 0 Å². The number of halogens is 1. The SMILES string of the molecule is CCNC(c1cc(Br)c(C)s1)C(C)(C)c1ccccc1. The van der Waals surface area contributed by atoms with Gasteiger partial charge in [0.05, 0.1) is 6.04 Å². The van der Waals surface area contributed by atoms with Crippen LogP contribution in [0.4, 0.5) is 0 Å².